The topological polar surface area (TPSA) is 101 Å². The third-order valence-electron chi connectivity index (χ3n) is 2.72. The highest BCUT2D eigenvalue weighted by molar-refractivity contribution is 6.44. The fourth-order valence-electron chi connectivity index (χ4n) is 1.62. The zero-order valence-corrected chi connectivity index (χ0v) is 12.9. The Morgan fingerprint density at radius 1 is 0.957 bits per heavy atom. The molecule has 0 atom stereocenters. The number of carbonyl (C=O) groups excluding carboxylic acids is 2. The van der Waals surface area contributed by atoms with Crippen molar-refractivity contribution >= 4 is 52.1 Å². The maximum atomic E-state index is 11.8. The molecule has 0 saturated heterocycles. The molecule has 0 aliphatic carbocycles. The molecule has 2 aromatic carbocycles. The summed E-state index contributed by atoms with van der Waals surface area (Å²) in [5, 5.41) is 15.9. The van der Waals surface area contributed by atoms with Gasteiger partial charge in [0.05, 0.1) is 15.6 Å². The number of rotatable bonds is 3. The van der Waals surface area contributed by atoms with Gasteiger partial charge in [0.2, 0.25) is 0 Å². The Hall–Kier alpha value is -2.64. The standard InChI is InChI=1S/C14H9Cl2N3O4/c15-8-1-3-9(4-2-8)17-13(20)14(21)18-12-7-10(19(22)23)5-6-11(12)16/h1-7H,(H,17,20)(H,18,21). The van der Waals surface area contributed by atoms with Crippen LogP contribution in [0.15, 0.2) is 42.5 Å². The van der Waals surface area contributed by atoms with Gasteiger partial charge in [-0.3, -0.25) is 19.7 Å². The normalized spacial score (nSPS) is 10.0. The molecule has 0 saturated carbocycles. The number of benzene rings is 2. The van der Waals surface area contributed by atoms with E-state index in [1.807, 2.05) is 0 Å². The van der Waals surface area contributed by atoms with Crippen LogP contribution in [-0.2, 0) is 9.59 Å². The van der Waals surface area contributed by atoms with Crippen molar-refractivity contribution in [2.75, 3.05) is 10.6 Å². The summed E-state index contributed by atoms with van der Waals surface area (Å²) in [7, 11) is 0. The van der Waals surface area contributed by atoms with Gasteiger partial charge in [-0.05, 0) is 30.3 Å². The summed E-state index contributed by atoms with van der Waals surface area (Å²) < 4.78 is 0. The van der Waals surface area contributed by atoms with Gasteiger partial charge in [-0.1, -0.05) is 23.2 Å². The minimum absolute atomic E-state index is 0.0304. The Kier molecular flexibility index (Phi) is 5.15. The minimum Gasteiger partial charge on any atom is -0.318 e. The number of nitro benzene ring substituents is 1. The van der Waals surface area contributed by atoms with Crippen LogP contribution in [0.3, 0.4) is 0 Å². The second-order valence-electron chi connectivity index (χ2n) is 4.34. The zero-order valence-electron chi connectivity index (χ0n) is 11.4. The molecule has 2 rings (SSSR count). The van der Waals surface area contributed by atoms with E-state index in [2.05, 4.69) is 10.6 Å². The molecule has 0 aliphatic heterocycles. The molecule has 0 heterocycles. The van der Waals surface area contributed by atoms with Crippen LogP contribution in [0.1, 0.15) is 0 Å². The molecule has 2 amide bonds. The van der Waals surface area contributed by atoms with Crippen LogP contribution in [0.25, 0.3) is 0 Å². The van der Waals surface area contributed by atoms with E-state index < -0.39 is 16.7 Å². The molecule has 2 N–H and O–H groups in total. The Morgan fingerprint density at radius 3 is 2.17 bits per heavy atom. The van der Waals surface area contributed by atoms with Gasteiger partial charge in [0.25, 0.3) is 5.69 Å². The van der Waals surface area contributed by atoms with E-state index in [1.54, 1.807) is 12.1 Å². The van der Waals surface area contributed by atoms with Gasteiger partial charge in [0.1, 0.15) is 0 Å². The average Bonchev–Trinajstić information content (AvgIpc) is 2.51. The molecule has 0 radical (unpaired) electrons. The Balaban J connectivity index is 2.09. The SMILES string of the molecule is O=C(Nc1ccc(Cl)cc1)C(=O)Nc1cc([N+](=O)[O-])ccc1Cl. The first kappa shape index (κ1) is 16.7. The summed E-state index contributed by atoms with van der Waals surface area (Å²) in [5.74, 6) is -1.96. The van der Waals surface area contributed by atoms with E-state index >= 15 is 0 Å². The maximum Gasteiger partial charge on any atom is 0.314 e. The predicted molar refractivity (Wildman–Crippen MR) is 86.8 cm³/mol. The largest absolute Gasteiger partial charge is 0.318 e. The Bertz CT molecular complexity index is 778. The van der Waals surface area contributed by atoms with Crippen molar-refractivity contribution < 1.29 is 14.5 Å². The first-order valence-electron chi connectivity index (χ1n) is 6.18. The molecule has 2 aromatic rings. The van der Waals surface area contributed by atoms with Crippen LogP contribution in [-0.4, -0.2) is 16.7 Å². The molecule has 7 nitrogen and oxygen atoms in total. The molecule has 0 bridgehead atoms. The molecule has 0 aliphatic rings. The average molecular weight is 354 g/mol. The Labute approximate surface area is 140 Å². The van der Waals surface area contributed by atoms with E-state index in [-0.39, 0.29) is 16.4 Å². The van der Waals surface area contributed by atoms with Crippen LogP contribution >= 0.6 is 23.2 Å². The predicted octanol–water partition coefficient (Wildman–Crippen LogP) is 3.48. The number of carbonyl (C=O) groups is 2. The number of non-ortho nitro benzene ring substituents is 1. The number of hydrogen-bond acceptors (Lipinski definition) is 4. The van der Waals surface area contributed by atoms with Gasteiger partial charge in [-0.25, -0.2) is 0 Å². The number of hydrogen-bond donors (Lipinski definition) is 2. The van der Waals surface area contributed by atoms with Crippen molar-refractivity contribution in [3.63, 3.8) is 0 Å². The molecule has 0 unspecified atom stereocenters. The quantitative estimate of drug-likeness (QED) is 0.500. The smallest absolute Gasteiger partial charge is 0.314 e. The maximum absolute atomic E-state index is 11.8. The fraction of sp³-hybridized carbons (Fsp3) is 0. The molecule has 0 fully saturated rings. The second kappa shape index (κ2) is 7.08. The number of amides is 2. The molecule has 23 heavy (non-hydrogen) atoms. The van der Waals surface area contributed by atoms with Crippen molar-refractivity contribution in [1.82, 2.24) is 0 Å². The van der Waals surface area contributed by atoms with Crippen molar-refractivity contribution in [3.8, 4) is 0 Å². The third kappa shape index (κ3) is 4.41. The first-order chi connectivity index (χ1) is 10.9. The lowest BCUT2D eigenvalue weighted by Gasteiger charge is -2.08. The molecular weight excluding hydrogens is 345 g/mol. The van der Waals surface area contributed by atoms with E-state index in [9.17, 15) is 19.7 Å². The van der Waals surface area contributed by atoms with Gasteiger partial charge in [0.15, 0.2) is 0 Å². The van der Waals surface area contributed by atoms with E-state index in [0.29, 0.717) is 10.7 Å². The van der Waals surface area contributed by atoms with Crippen molar-refractivity contribution in [3.05, 3.63) is 62.6 Å². The van der Waals surface area contributed by atoms with Gasteiger partial charge in [-0.2, -0.15) is 0 Å². The highest BCUT2D eigenvalue weighted by Gasteiger charge is 2.17. The lowest BCUT2D eigenvalue weighted by molar-refractivity contribution is -0.384. The van der Waals surface area contributed by atoms with Crippen LogP contribution in [0.4, 0.5) is 17.1 Å². The Morgan fingerprint density at radius 2 is 1.57 bits per heavy atom. The lowest BCUT2D eigenvalue weighted by atomic mass is 10.2. The summed E-state index contributed by atoms with van der Waals surface area (Å²) in [6.07, 6.45) is 0. The van der Waals surface area contributed by atoms with Crippen molar-refractivity contribution in [2.24, 2.45) is 0 Å². The van der Waals surface area contributed by atoms with Gasteiger partial charge in [0, 0.05) is 22.8 Å². The van der Waals surface area contributed by atoms with Crippen LogP contribution in [0.5, 0.6) is 0 Å². The van der Waals surface area contributed by atoms with E-state index in [4.69, 9.17) is 23.2 Å². The molecular formula is C14H9Cl2N3O4. The number of halogens is 2. The number of nitrogens with zero attached hydrogens (tertiary/aromatic N) is 1. The van der Waals surface area contributed by atoms with Crippen LogP contribution in [0, 0.1) is 10.1 Å². The van der Waals surface area contributed by atoms with Gasteiger partial charge >= 0.3 is 11.8 Å². The molecule has 9 heteroatoms. The monoisotopic (exact) mass is 353 g/mol. The minimum atomic E-state index is -1.01. The molecule has 118 valence electrons. The van der Waals surface area contributed by atoms with Gasteiger partial charge in [-0.15, -0.1) is 0 Å². The number of nitrogens with one attached hydrogen (secondary N) is 2. The zero-order chi connectivity index (χ0) is 17.0. The summed E-state index contributed by atoms with van der Waals surface area (Å²) >= 11 is 11.6. The first-order valence-corrected chi connectivity index (χ1v) is 6.94. The molecule has 0 spiro atoms. The summed E-state index contributed by atoms with van der Waals surface area (Å²) in [6, 6.07) is 9.65. The number of nitro groups is 1. The number of anilines is 2. The summed E-state index contributed by atoms with van der Waals surface area (Å²) in [4.78, 5) is 33.7. The summed E-state index contributed by atoms with van der Waals surface area (Å²) in [5.41, 5.74) is 0.0830. The van der Waals surface area contributed by atoms with E-state index in [1.165, 1.54) is 24.3 Å². The highest BCUT2D eigenvalue weighted by atomic mass is 35.5. The van der Waals surface area contributed by atoms with Crippen molar-refractivity contribution in [1.29, 1.82) is 0 Å². The fourth-order valence-corrected chi connectivity index (χ4v) is 1.91. The van der Waals surface area contributed by atoms with Crippen LogP contribution in [0.2, 0.25) is 10.0 Å². The van der Waals surface area contributed by atoms with Gasteiger partial charge < -0.3 is 10.6 Å². The van der Waals surface area contributed by atoms with Crippen molar-refractivity contribution in [2.45, 2.75) is 0 Å². The van der Waals surface area contributed by atoms with Crippen LogP contribution < -0.4 is 10.6 Å². The lowest BCUT2D eigenvalue weighted by Crippen LogP contribution is -2.29. The van der Waals surface area contributed by atoms with E-state index in [0.717, 1.165) is 6.07 Å². The molecule has 0 aromatic heterocycles. The third-order valence-corrected chi connectivity index (χ3v) is 3.30. The second-order valence-corrected chi connectivity index (χ2v) is 5.18. The highest BCUT2D eigenvalue weighted by Crippen LogP contribution is 2.26. The summed E-state index contributed by atoms with van der Waals surface area (Å²) in [6.45, 7) is 0.